The highest BCUT2D eigenvalue weighted by Gasteiger charge is 2.34. The summed E-state index contributed by atoms with van der Waals surface area (Å²) in [5, 5.41) is 12.3. The average Bonchev–Trinajstić information content (AvgIpc) is 3.41. The van der Waals surface area contributed by atoms with Crippen molar-refractivity contribution in [1.82, 2.24) is 10.2 Å². The molecule has 0 spiro atoms. The highest BCUT2D eigenvalue weighted by Crippen LogP contribution is 2.35. The van der Waals surface area contributed by atoms with E-state index in [9.17, 15) is 9.59 Å². The Balaban J connectivity index is 1.43. The summed E-state index contributed by atoms with van der Waals surface area (Å²) < 4.78 is 5.40. The van der Waals surface area contributed by atoms with Crippen LogP contribution in [-0.4, -0.2) is 35.2 Å². The topological polar surface area (TPSA) is 84.4 Å². The van der Waals surface area contributed by atoms with Gasteiger partial charge in [-0.15, -0.1) is 10.2 Å². The zero-order valence-corrected chi connectivity index (χ0v) is 18.3. The SMILES string of the molecule is CCOc1ccc(C(=O)Nc2nnc(C3CC(=O)N(c4ccccc4CC)C3)s2)cc1. The number of benzene rings is 2. The predicted octanol–water partition coefficient (Wildman–Crippen LogP) is 4.27. The molecule has 3 aromatic rings. The first-order chi connectivity index (χ1) is 15.1. The van der Waals surface area contributed by atoms with Gasteiger partial charge < -0.3 is 9.64 Å². The van der Waals surface area contributed by atoms with Crippen molar-refractivity contribution in [3.63, 3.8) is 0 Å². The van der Waals surface area contributed by atoms with Crippen LogP contribution >= 0.6 is 11.3 Å². The Kier molecular flexibility index (Phi) is 6.27. The van der Waals surface area contributed by atoms with Crippen molar-refractivity contribution >= 4 is 34.0 Å². The summed E-state index contributed by atoms with van der Waals surface area (Å²) in [5.74, 6) is 0.510. The second-order valence-corrected chi connectivity index (χ2v) is 8.25. The molecule has 2 amide bonds. The number of nitrogens with one attached hydrogen (secondary N) is 1. The van der Waals surface area contributed by atoms with Gasteiger partial charge in [0.05, 0.1) is 6.61 Å². The molecule has 4 rings (SSSR count). The van der Waals surface area contributed by atoms with Crippen molar-refractivity contribution < 1.29 is 14.3 Å². The molecule has 0 aliphatic carbocycles. The average molecular weight is 437 g/mol. The summed E-state index contributed by atoms with van der Waals surface area (Å²) in [7, 11) is 0. The Morgan fingerprint density at radius 1 is 1.16 bits per heavy atom. The van der Waals surface area contributed by atoms with Gasteiger partial charge in [0.15, 0.2) is 0 Å². The van der Waals surface area contributed by atoms with Crippen molar-refractivity contribution in [3.05, 3.63) is 64.7 Å². The van der Waals surface area contributed by atoms with Crippen molar-refractivity contribution in [2.75, 3.05) is 23.4 Å². The van der Waals surface area contributed by atoms with E-state index in [2.05, 4.69) is 28.5 Å². The maximum absolute atomic E-state index is 12.7. The zero-order valence-electron chi connectivity index (χ0n) is 17.5. The molecule has 1 aliphatic rings. The molecule has 1 fully saturated rings. The molecule has 1 unspecified atom stereocenters. The van der Waals surface area contributed by atoms with Crippen molar-refractivity contribution in [2.45, 2.75) is 32.6 Å². The normalized spacial score (nSPS) is 15.9. The first-order valence-corrected chi connectivity index (χ1v) is 11.2. The van der Waals surface area contributed by atoms with Gasteiger partial charge in [0.2, 0.25) is 11.0 Å². The van der Waals surface area contributed by atoms with Crippen LogP contribution < -0.4 is 15.0 Å². The number of aromatic nitrogens is 2. The number of amides is 2. The Labute approximate surface area is 185 Å². The molecule has 7 nitrogen and oxygen atoms in total. The molecule has 1 saturated heterocycles. The third kappa shape index (κ3) is 4.59. The minimum absolute atomic E-state index is 0.0361. The van der Waals surface area contributed by atoms with E-state index in [1.165, 1.54) is 11.3 Å². The van der Waals surface area contributed by atoms with E-state index < -0.39 is 0 Å². The Morgan fingerprint density at radius 3 is 2.68 bits per heavy atom. The summed E-state index contributed by atoms with van der Waals surface area (Å²) in [6, 6.07) is 14.9. The van der Waals surface area contributed by atoms with Gasteiger partial charge in [-0.05, 0) is 49.2 Å². The van der Waals surface area contributed by atoms with Crippen LogP contribution in [0, 0.1) is 0 Å². The number of carbonyl (C=O) groups is 2. The number of anilines is 2. The van der Waals surface area contributed by atoms with Gasteiger partial charge in [-0.1, -0.05) is 36.5 Å². The van der Waals surface area contributed by atoms with Crippen molar-refractivity contribution in [3.8, 4) is 5.75 Å². The number of hydrogen-bond acceptors (Lipinski definition) is 6. The van der Waals surface area contributed by atoms with Gasteiger partial charge in [-0.25, -0.2) is 0 Å². The van der Waals surface area contributed by atoms with Crippen LogP contribution in [-0.2, 0) is 11.2 Å². The van der Waals surface area contributed by atoms with Crippen LogP contribution in [0.4, 0.5) is 10.8 Å². The Bertz CT molecular complexity index is 1080. The van der Waals surface area contributed by atoms with E-state index in [-0.39, 0.29) is 17.7 Å². The molecule has 1 aromatic heterocycles. The fraction of sp³-hybridized carbons (Fsp3) is 0.304. The minimum atomic E-state index is -0.258. The van der Waals surface area contributed by atoms with E-state index >= 15 is 0 Å². The fourth-order valence-corrected chi connectivity index (χ4v) is 4.50. The van der Waals surface area contributed by atoms with Crippen LogP contribution in [0.2, 0.25) is 0 Å². The molecule has 1 aliphatic heterocycles. The predicted molar refractivity (Wildman–Crippen MR) is 121 cm³/mol. The molecular weight excluding hydrogens is 412 g/mol. The number of aryl methyl sites for hydroxylation is 1. The minimum Gasteiger partial charge on any atom is -0.494 e. The van der Waals surface area contributed by atoms with E-state index in [0.717, 1.165) is 28.4 Å². The number of ether oxygens (including phenoxy) is 1. The second-order valence-electron chi connectivity index (χ2n) is 7.24. The number of nitrogens with zero attached hydrogens (tertiary/aromatic N) is 3. The number of para-hydroxylation sites is 1. The standard InChI is InChI=1S/C23H24N4O3S/c1-3-15-7-5-6-8-19(15)27-14-17(13-20(27)28)22-25-26-23(31-22)24-21(29)16-9-11-18(12-10-16)30-4-2/h5-12,17H,3-4,13-14H2,1-2H3,(H,24,26,29). The first kappa shape index (κ1) is 21.0. The zero-order chi connectivity index (χ0) is 21.8. The molecule has 2 heterocycles. The molecule has 31 heavy (non-hydrogen) atoms. The van der Waals surface area contributed by atoms with Gasteiger partial charge in [0.1, 0.15) is 10.8 Å². The lowest BCUT2D eigenvalue weighted by Gasteiger charge is -2.19. The third-order valence-corrected chi connectivity index (χ3v) is 6.23. The lowest BCUT2D eigenvalue weighted by molar-refractivity contribution is -0.117. The molecule has 160 valence electrons. The molecule has 1 atom stereocenters. The maximum Gasteiger partial charge on any atom is 0.257 e. The van der Waals surface area contributed by atoms with E-state index in [1.807, 2.05) is 30.0 Å². The summed E-state index contributed by atoms with van der Waals surface area (Å²) >= 11 is 1.32. The van der Waals surface area contributed by atoms with Crippen LogP contribution in [0.1, 0.15) is 47.1 Å². The highest BCUT2D eigenvalue weighted by atomic mass is 32.1. The molecule has 0 radical (unpaired) electrons. The maximum atomic E-state index is 12.7. The summed E-state index contributed by atoms with van der Waals surface area (Å²) in [6.07, 6.45) is 1.25. The lowest BCUT2D eigenvalue weighted by atomic mass is 10.1. The molecule has 8 heteroatoms. The smallest absolute Gasteiger partial charge is 0.257 e. The summed E-state index contributed by atoms with van der Waals surface area (Å²) in [4.78, 5) is 27.0. The fourth-order valence-electron chi connectivity index (χ4n) is 3.67. The van der Waals surface area contributed by atoms with Crippen molar-refractivity contribution in [2.24, 2.45) is 0 Å². The second kappa shape index (κ2) is 9.26. The van der Waals surface area contributed by atoms with Gasteiger partial charge in [-0.2, -0.15) is 0 Å². The molecule has 0 saturated carbocycles. The largest absolute Gasteiger partial charge is 0.494 e. The van der Waals surface area contributed by atoms with E-state index in [4.69, 9.17) is 4.74 Å². The summed E-state index contributed by atoms with van der Waals surface area (Å²) in [6.45, 7) is 5.13. The van der Waals surface area contributed by atoms with Gasteiger partial charge in [-0.3, -0.25) is 14.9 Å². The number of carbonyl (C=O) groups excluding carboxylic acids is 2. The van der Waals surface area contributed by atoms with Gasteiger partial charge >= 0.3 is 0 Å². The monoisotopic (exact) mass is 436 g/mol. The first-order valence-electron chi connectivity index (χ1n) is 10.3. The van der Waals surface area contributed by atoms with Crippen molar-refractivity contribution in [1.29, 1.82) is 0 Å². The number of hydrogen-bond donors (Lipinski definition) is 1. The Hall–Kier alpha value is -3.26. The molecule has 0 bridgehead atoms. The van der Waals surface area contributed by atoms with E-state index in [1.54, 1.807) is 24.3 Å². The lowest BCUT2D eigenvalue weighted by Crippen LogP contribution is -2.25. The van der Waals surface area contributed by atoms with Crippen LogP contribution in [0.5, 0.6) is 5.75 Å². The van der Waals surface area contributed by atoms with Crippen LogP contribution in [0.25, 0.3) is 0 Å². The number of rotatable bonds is 7. The van der Waals surface area contributed by atoms with Gasteiger partial charge in [0.25, 0.3) is 5.91 Å². The van der Waals surface area contributed by atoms with E-state index in [0.29, 0.717) is 30.3 Å². The Morgan fingerprint density at radius 2 is 1.94 bits per heavy atom. The molecular formula is C23H24N4O3S. The van der Waals surface area contributed by atoms with Crippen LogP contribution in [0.3, 0.4) is 0 Å². The van der Waals surface area contributed by atoms with Gasteiger partial charge in [0, 0.05) is 30.1 Å². The molecule has 1 N–H and O–H groups in total. The van der Waals surface area contributed by atoms with Crippen LogP contribution in [0.15, 0.2) is 48.5 Å². The third-order valence-electron chi connectivity index (χ3n) is 5.23. The summed E-state index contributed by atoms with van der Waals surface area (Å²) in [5.41, 5.74) is 2.63. The quantitative estimate of drug-likeness (QED) is 0.598. The molecule has 2 aromatic carbocycles. The highest BCUT2D eigenvalue weighted by molar-refractivity contribution is 7.15.